The number of primary amides is 1. The summed E-state index contributed by atoms with van der Waals surface area (Å²) in [4.78, 5) is 62.0. The Kier molecular flexibility index (Phi) is 9.67. The van der Waals surface area contributed by atoms with Crippen LogP contribution in [0.5, 0.6) is 0 Å². The molecule has 0 radical (unpaired) electrons. The topological polar surface area (TPSA) is 185 Å². The largest absolute Gasteiger partial charge is 0.480 e. The van der Waals surface area contributed by atoms with Gasteiger partial charge in [0.1, 0.15) is 18.1 Å². The number of benzene rings is 1. The minimum Gasteiger partial charge on any atom is -0.480 e. The van der Waals surface area contributed by atoms with Crippen LogP contribution < -0.4 is 22.1 Å². The first-order chi connectivity index (χ1) is 15.6. The Bertz CT molecular complexity index is 883. The normalized spacial score (nSPS) is 18.1. The number of amides is 4. The van der Waals surface area contributed by atoms with Crippen molar-refractivity contribution in [1.82, 2.24) is 15.5 Å². The Morgan fingerprint density at radius 2 is 1.79 bits per heavy atom. The second kappa shape index (κ2) is 12.2. The molecule has 4 amide bonds. The predicted octanol–water partition coefficient (Wildman–Crippen LogP) is -1.59. The number of carbonyl (C=O) groups is 5. The van der Waals surface area contributed by atoms with Crippen molar-refractivity contribution in [3.8, 4) is 0 Å². The van der Waals surface area contributed by atoms with E-state index < -0.39 is 53.8 Å². The zero-order valence-corrected chi connectivity index (χ0v) is 18.9. The summed E-state index contributed by atoms with van der Waals surface area (Å²) in [5.74, 6) is -3.90. The number of carboxylic acids is 1. The summed E-state index contributed by atoms with van der Waals surface area (Å²) in [6, 6.07) is 4.46. The number of nitrogens with zero attached hydrogens (tertiary/aromatic N) is 1. The summed E-state index contributed by atoms with van der Waals surface area (Å²) >= 11 is 4.10. The third kappa shape index (κ3) is 7.46. The number of nitrogens with one attached hydrogen (secondary N) is 2. The van der Waals surface area contributed by atoms with Gasteiger partial charge in [0, 0.05) is 18.7 Å². The van der Waals surface area contributed by atoms with Crippen molar-refractivity contribution in [2.45, 2.75) is 49.9 Å². The second-order valence-electron chi connectivity index (χ2n) is 7.80. The first kappa shape index (κ1) is 26.1. The van der Waals surface area contributed by atoms with Crippen molar-refractivity contribution in [2.75, 3.05) is 12.3 Å². The fraction of sp³-hybridized carbons (Fsp3) is 0.476. The molecule has 4 unspecified atom stereocenters. The SMILES string of the molecule is NC(=O)CC(N)C(=O)N1CCCC1C(=O)NC(CS)C(=O)NC(Cc1ccccc1)C(=O)O. The third-order valence-electron chi connectivity index (χ3n) is 5.29. The zero-order chi connectivity index (χ0) is 24.5. The Hall–Kier alpha value is -3.12. The van der Waals surface area contributed by atoms with E-state index in [4.69, 9.17) is 11.5 Å². The summed E-state index contributed by atoms with van der Waals surface area (Å²) in [5, 5.41) is 14.5. The molecule has 0 saturated carbocycles. The number of hydrogen-bond donors (Lipinski definition) is 6. The molecule has 4 atom stereocenters. The molecule has 11 nitrogen and oxygen atoms in total. The number of carboxylic acid groups (broad SMARTS) is 1. The fourth-order valence-corrected chi connectivity index (χ4v) is 3.86. The van der Waals surface area contributed by atoms with Gasteiger partial charge in [0.05, 0.1) is 12.5 Å². The first-order valence-corrected chi connectivity index (χ1v) is 11.1. The summed E-state index contributed by atoms with van der Waals surface area (Å²) < 4.78 is 0. The van der Waals surface area contributed by atoms with E-state index in [-0.39, 0.29) is 25.1 Å². The van der Waals surface area contributed by atoms with E-state index in [1.165, 1.54) is 4.90 Å². The molecule has 12 heteroatoms. The smallest absolute Gasteiger partial charge is 0.326 e. The van der Waals surface area contributed by atoms with Crippen LogP contribution in [0, 0.1) is 0 Å². The van der Waals surface area contributed by atoms with Crippen LogP contribution in [-0.2, 0) is 30.4 Å². The Balaban J connectivity index is 2.02. The van der Waals surface area contributed by atoms with Gasteiger partial charge in [-0.15, -0.1) is 0 Å². The third-order valence-corrected chi connectivity index (χ3v) is 5.65. The molecule has 7 N–H and O–H groups in total. The molecule has 33 heavy (non-hydrogen) atoms. The van der Waals surface area contributed by atoms with E-state index >= 15 is 0 Å². The standard InChI is InChI=1S/C21H29N5O6S/c22-13(10-17(23)27)20(30)26-8-4-7-16(26)19(29)25-15(11-33)18(28)24-14(21(31)32)9-12-5-2-1-3-6-12/h1-3,5-6,13-16,33H,4,7-11,22H2,(H2,23,27)(H,24,28)(H,25,29)(H,31,32). The van der Waals surface area contributed by atoms with Crippen molar-refractivity contribution in [1.29, 1.82) is 0 Å². The molecule has 2 rings (SSSR count). The fourth-order valence-electron chi connectivity index (χ4n) is 3.60. The number of nitrogens with two attached hydrogens (primary N) is 2. The van der Waals surface area contributed by atoms with E-state index in [0.717, 1.165) is 5.56 Å². The number of rotatable bonds is 11. The Morgan fingerprint density at radius 1 is 1.12 bits per heavy atom. The number of carbonyl (C=O) groups excluding carboxylic acids is 4. The highest BCUT2D eigenvalue weighted by atomic mass is 32.1. The van der Waals surface area contributed by atoms with Crippen molar-refractivity contribution in [3.63, 3.8) is 0 Å². The lowest BCUT2D eigenvalue weighted by atomic mass is 10.1. The van der Waals surface area contributed by atoms with Gasteiger partial charge < -0.3 is 32.1 Å². The minimum absolute atomic E-state index is 0.0673. The molecule has 1 aromatic carbocycles. The molecular weight excluding hydrogens is 450 g/mol. The average molecular weight is 480 g/mol. The lowest BCUT2D eigenvalue weighted by Crippen LogP contribution is -2.57. The van der Waals surface area contributed by atoms with Crippen LogP contribution in [0.3, 0.4) is 0 Å². The number of hydrogen-bond acceptors (Lipinski definition) is 7. The maximum Gasteiger partial charge on any atom is 0.326 e. The molecule has 1 aliphatic rings. The predicted molar refractivity (Wildman–Crippen MR) is 122 cm³/mol. The number of likely N-dealkylation sites (tertiary alicyclic amines) is 1. The second-order valence-corrected chi connectivity index (χ2v) is 8.16. The van der Waals surface area contributed by atoms with E-state index in [9.17, 15) is 29.1 Å². The van der Waals surface area contributed by atoms with Crippen molar-refractivity contribution < 1.29 is 29.1 Å². The molecule has 1 heterocycles. The molecule has 0 spiro atoms. The minimum atomic E-state index is -1.22. The van der Waals surface area contributed by atoms with Gasteiger partial charge in [-0.2, -0.15) is 12.6 Å². The Morgan fingerprint density at radius 3 is 2.36 bits per heavy atom. The summed E-state index contributed by atoms with van der Waals surface area (Å²) in [7, 11) is 0. The molecule has 1 saturated heterocycles. The van der Waals surface area contributed by atoms with Gasteiger partial charge in [-0.05, 0) is 18.4 Å². The van der Waals surface area contributed by atoms with Crippen LogP contribution in [-0.4, -0.2) is 76.1 Å². The summed E-state index contributed by atoms with van der Waals surface area (Å²) in [6.45, 7) is 0.277. The van der Waals surface area contributed by atoms with Crippen LogP contribution in [0.15, 0.2) is 30.3 Å². The molecule has 1 aliphatic heterocycles. The Labute approximate surface area is 196 Å². The maximum atomic E-state index is 12.8. The van der Waals surface area contributed by atoms with E-state index in [2.05, 4.69) is 23.3 Å². The van der Waals surface area contributed by atoms with Crippen molar-refractivity contribution in [2.24, 2.45) is 11.5 Å². The van der Waals surface area contributed by atoms with Crippen molar-refractivity contribution >= 4 is 42.2 Å². The van der Waals surface area contributed by atoms with Gasteiger partial charge >= 0.3 is 5.97 Å². The molecule has 180 valence electrons. The molecule has 0 bridgehead atoms. The lowest BCUT2D eigenvalue weighted by Gasteiger charge is -2.28. The maximum absolute atomic E-state index is 12.8. The molecular formula is C21H29N5O6S. The highest BCUT2D eigenvalue weighted by Crippen LogP contribution is 2.19. The molecule has 1 aromatic rings. The van der Waals surface area contributed by atoms with Gasteiger partial charge in [-0.3, -0.25) is 19.2 Å². The summed E-state index contributed by atoms with van der Waals surface area (Å²) in [5.41, 5.74) is 11.5. The molecule has 0 aromatic heterocycles. The van der Waals surface area contributed by atoms with Gasteiger partial charge in [-0.1, -0.05) is 30.3 Å². The monoisotopic (exact) mass is 479 g/mol. The average Bonchev–Trinajstić information content (AvgIpc) is 3.26. The number of aliphatic carboxylic acids is 1. The zero-order valence-electron chi connectivity index (χ0n) is 18.0. The van der Waals surface area contributed by atoms with E-state index in [0.29, 0.717) is 12.8 Å². The van der Waals surface area contributed by atoms with Gasteiger partial charge in [0.2, 0.25) is 23.6 Å². The van der Waals surface area contributed by atoms with Crippen LogP contribution in [0.1, 0.15) is 24.8 Å². The van der Waals surface area contributed by atoms with Crippen LogP contribution in [0.25, 0.3) is 0 Å². The van der Waals surface area contributed by atoms with Crippen LogP contribution in [0.4, 0.5) is 0 Å². The lowest BCUT2D eigenvalue weighted by molar-refractivity contribution is -0.143. The highest BCUT2D eigenvalue weighted by molar-refractivity contribution is 7.80. The molecule has 1 fully saturated rings. The van der Waals surface area contributed by atoms with Gasteiger partial charge in [-0.25, -0.2) is 4.79 Å². The quantitative estimate of drug-likeness (QED) is 0.206. The van der Waals surface area contributed by atoms with E-state index in [1.54, 1.807) is 30.3 Å². The van der Waals surface area contributed by atoms with Crippen molar-refractivity contribution in [3.05, 3.63) is 35.9 Å². The molecule has 0 aliphatic carbocycles. The number of thiol groups is 1. The van der Waals surface area contributed by atoms with Crippen LogP contribution in [0.2, 0.25) is 0 Å². The van der Waals surface area contributed by atoms with Crippen LogP contribution >= 0.6 is 12.6 Å². The first-order valence-electron chi connectivity index (χ1n) is 10.5. The summed E-state index contributed by atoms with van der Waals surface area (Å²) in [6.07, 6.45) is 0.623. The van der Waals surface area contributed by atoms with Gasteiger partial charge in [0.25, 0.3) is 0 Å². The highest BCUT2D eigenvalue weighted by Gasteiger charge is 2.38. The van der Waals surface area contributed by atoms with Gasteiger partial charge in [0.15, 0.2) is 0 Å². The van der Waals surface area contributed by atoms with E-state index in [1.807, 2.05) is 0 Å².